The third-order valence-corrected chi connectivity index (χ3v) is 3.26. The summed E-state index contributed by atoms with van der Waals surface area (Å²) in [7, 11) is 0. The van der Waals surface area contributed by atoms with E-state index in [9.17, 15) is 0 Å². The van der Waals surface area contributed by atoms with Gasteiger partial charge in [0.05, 0.1) is 18.7 Å². The van der Waals surface area contributed by atoms with Gasteiger partial charge >= 0.3 is 0 Å². The van der Waals surface area contributed by atoms with Gasteiger partial charge in [0, 0.05) is 12.3 Å². The van der Waals surface area contributed by atoms with E-state index in [1.54, 1.807) is 0 Å². The molecule has 4 heteroatoms. The van der Waals surface area contributed by atoms with Crippen LogP contribution in [0, 0.1) is 6.92 Å². The quantitative estimate of drug-likeness (QED) is 0.884. The maximum Gasteiger partial charge on any atom is 0.196 e. The summed E-state index contributed by atoms with van der Waals surface area (Å²) in [5, 5.41) is 0. The molecule has 98 valence electrons. The lowest BCUT2D eigenvalue weighted by Gasteiger charge is -2.35. The van der Waals surface area contributed by atoms with Gasteiger partial charge in [0.15, 0.2) is 5.96 Å². The van der Waals surface area contributed by atoms with Gasteiger partial charge in [-0.1, -0.05) is 17.7 Å². The number of aliphatic imine (C=N–C) groups is 1. The molecule has 2 N–H and O–H groups in total. The Morgan fingerprint density at radius 2 is 2.06 bits per heavy atom. The van der Waals surface area contributed by atoms with E-state index in [4.69, 9.17) is 10.5 Å². The number of benzene rings is 1. The highest BCUT2D eigenvalue weighted by Crippen LogP contribution is 2.29. The first-order valence-corrected chi connectivity index (χ1v) is 6.31. The van der Waals surface area contributed by atoms with E-state index >= 15 is 0 Å². The molecule has 1 unspecified atom stereocenters. The van der Waals surface area contributed by atoms with E-state index in [1.165, 1.54) is 5.56 Å². The fourth-order valence-corrected chi connectivity index (χ4v) is 2.24. The molecule has 1 aromatic carbocycles. The zero-order valence-electron chi connectivity index (χ0n) is 11.3. The van der Waals surface area contributed by atoms with Crippen molar-refractivity contribution in [1.82, 2.24) is 0 Å². The Kier molecular flexibility index (Phi) is 3.57. The maximum atomic E-state index is 6.02. The van der Waals surface area contributed by atoms with Crippen molar-refractivity contribution in [2.45, 2.75) is 26.3 Å². The van der Waals surface area contributed by atoms with Gasteiger partial charge in [0.2, 0.25) is 0 Å². The first kappa shape index (κ1) is 12.9. The van der Waals surface area contributed by atoms with Crippen molar-refractivity contribution in [1.29, 1.82) is 0 Å². The van der Waals surface area contributed by atoms with Crippen molar-refractivity contribution >= 4 is 11.6 Å². The highest BCUT2D eigenvalue weighted by molar-refractivity contribution is 5.98. The largest absolute Gasteiger partial charge is 0.379 e. The summed E-state index contributed by atoms with van der Waals surface area (Å²) in [6, 6.07) is 8.32. The predicted molar refractivity (Wildman–Crippen MR) is 75.0 cm³/mol. The smallest absolute Gasteiger partial charge is 0.196 e. The molecule has 0 saturated carbocycles. The second-order valence-corrected chi connectivity index (χ2v) is 4.98. The van der Waals surface area contributed by atoms with Gasteiger partial charge in [-0.25, -0.2) is 0 Å². The lowest BCUT2D eigenvalue weighted by atomic mass is 10.0. The molecule has 0 aliphatic carbocycles. The molecule has 1 aliphatic heterocycles. The predicted octanol–water partition coefficient (Wildman–Crippen LogP) is 1.92. The van der Waals surface area contributed by atoms with Crippen LogP contribution in [0.1, 0.15) is 19.4 Å². The molecule has 0 aromatic heterocycles. The number of guanidine groups is 1. The normalized spacial score (nSPS) is 23.3. The lowest BCUT2D eigenvalue weighted by Crippen LogP contribution is -2.53. The molecule has 18 heavy (non-hydrogen) atoms. The van der Waals surface area contributed by atoms with Crippen LogP contribution in [0.15, 0.2) is 29.3 Å². The Labute approximate surface area is 108 Å². The summed E-state index contributed by atoms with van der Waals surface area (Å²) >= 11 is 0. The number of nitrogens with two attached hydrogens (primary N) is 1. The minimum atomic E-state index is -0.185. The van der Waals surface area contributed by atoms with Crippen LogP contribution in [0.2, 0.25) is 0 Å². The van der Waals surface area contributed by atoms with Gasteiger partial charge in [-0.15, -0.1) is 0 Å². The molecule has 1 aliphatic rings. The molecule has 0 fully saturated rings. The summed E-state index contributed by atoms with van der Waals surface area (Å²) in [4.78, 5) is 6.43. The number of hydrogen-bond donors (Lipinski definition) is 1. The average molecular weight is 247 g/mol. The molecule has 4 nitrogen and oxygen atoms in total. The highest BCUT2D eigenvalue weighted by Gasteiger charge is 2.39. The second-order valence-electron chi connectivity index (χ2n) is 4.98. The number of ether oxygens (including phenoxy) is 1. The molecule has 0 radical (unpaired) electrons. The number of anilines is 1. The number of hydrogen-bond acceptors (Lipinski definition) is 4. The summed E-state index contributed by atoms with van der Waals surface area (Å²) in [6.07, 6.45) is 0. The molecule has 2 rings (SSSR count). The van der Waals surface area contributed by atoms with Gasteiger partial charge in [-0.3, -0.25) is 4.99 Å². The minimum absolute atomic E-state index is 0.185. The van der Waals surface area contributed by atoms with Crippen LogP contribution < -0.4 is 10.6 Å². The van der Waals surface area contributed by atoms with E-state index < -0.39 is 0 Å². The minimum Gasteiger partial charge on any atom is -0.379 e. The van der Waals surface area contributed by atoms with Crippen LogP contribution in [0.5, 0.6) is 0 Å². The van der Waals surface area contributed by atoms with E-state index in [2.05, 4.69) is 48.0 Å². The Morgan fingerprint density at radius 1 is 1.39 bits per heavy atom. The fourth-order valence-electron chi connectivity index (χ4n) is 2.24. The molecule has 0 spiro atoms. The van der Waals surface area contributed by atoms with Crippen LogP contribution in [0.3, 0.4) is 0 Å². The van der Waals surface area contributed by atoms with Crippen molar-refractivity contribution in [2.24, 2.45) is 10.7 Å². The van der Waals surface area contributed by atoms with E-state index in [0.717, 1.165) is 5.69 Å². The number of rotatable bonds is 4. The monoisotopic (exact) mass is 247 g/mol. The number of nitrogens with zero attached hydrogens (tertiary/aromatic N) is 2. The first-order valence-electron chi connectivity index (χ1n) is 6.31. The van der Waals surface area contributed by atoms with Crippen LogP contribution in [-0.4, -0.2) is 31.3 Å². The zero-order chi connectivity index (χ0) is 13.2. The summed E-state index contributed by atoms with van der Waals surface area (Å²) in [5.74, 6) is 0.570. The van der Waals surface area contributed by atoms with Gasteiger partial charge in [0.1, 0.15) is 0 Å². The van der Waals surface area contributed by atoms with Crippen LogP contribution in [-0.2, 0) is 4.74 Å². The SMILES string of the molecule is CCOCC1(C)CN=C(N)N1c1ccc(C)cc1. The topological polar surface area (TPSA) is 50.9 Å². The zero-order valence-corrected chi connectivity index (χ0v) is 11.3. The summed E-state index contributed by atoms with van der Waals surface area (Å²) in [6.45, 7) is 8.21. The first-order chi connectivity index (χ1) is 8.57. The van der Waals surface area contributed by atoms with Crippen LogP contribution >= 0.6 is 0 Å². The van der Waals surface area contributed by atoms with Crippen LogP contribution in [0.4, 0.5) is 5.69 Å². The van der Waals surface area contributed by atoms with E-state index in [0.29, 0.717) is 25.7 Å². The average Bonchev–Trinajstić information content (AvgIpc) is 2.65. The maximum absolute atomic E-state index is 6.02. The fraction of sp³-hybridized carbons (Fsp3) is 0.500. The van der Waals surface area contributed by atoms with Crippen molar-refractivity contribution in [3.05, 3.63) is 29.8 Å². The van der Waals surface area contributed by atoms with Crippen molar-refractivity contribution < 1.29 is 4.74 Å². The lowest BCUT2D eigenvalue weighted by molar-refractivity contribution is 0.108. The van der Waals surface area contributed by atoms with E-state index in [-0.39, 0.29) is 5.54 Å². The molecular formula is C14H21N3O. The van der Waals surface area contributed by atoms with Crippen molar-refractivity contribution in [2.75, 3.05) is 24.7 Å². The summed E-state index contributed by atoms with van der Waals surface area (Å²) < 4.78 is 5.57. The van der Waals surface area contributed by atoms with Gasteiger partial charge in [-0.05, 0) is 32.9 Å². The Morgan fingerprint density at radius 3 is 2.67 bits per heavy atom. The Balaban J connectivity index is 2.27. The molecule has 1 atom stereocenters. The Hall–Kier alpha value is -1.55. The summed E-state index contributed by atoms with van der Waals surface area (Å²) in [5.41, 5.74) is 8.14. The van der Waals surface area contributed by atoms with Crippen LogP contribution in [0.25, 0.3) is 0 Å². The molecule has 0 bridgehead atoms. The van der Waals surface area contributed by atoms with Gasteiger partial charge < -0.3 is 15.4 Å². The molecule has 1 heterocycles. The highest BCUT2D eigenvalue weighted by atomic mass is 16.5. The van der Waals surface area contributed by atoms with Gasteiger partial charge in [-0.2, -0.15) is 0 Å². The second kappa shape index (κ2) is 4.98. The van der Waals surface area contributed by atoms with E-state index in [1.807, 2.05) is 6.92 Å². The molecule has 0 amide bonds. The van der Waals surface area contributed by atoms with Crippen molar-refractivity contribution in [3.8, 4) is 0 Å². The molecular weight excluding hydrogens is 226 g/mol. The molecule has 0 saturated heterocycles. The van der Waals surface area contributed by atoms with Crippen molar-refractivity contribution in [3.63, 3.8) is 0 Å². The number of aryl methyl sites for hydroxylation is 1. The third kappa shape index (κ3) is 2.34. The Bertz CT molecular complexity index is 441. The van der Waals surface area contributed by atoms with Gasteiger partial charge in [0.25, 0.3) is 0 Å². The third-order valence-electron chi connectivity index (χ3n) is 3.26. The standard InChI is InChI=1S/C14H21N3O/c1-4-18-10-14(3)9-16-13(15)17(14)12-7-5-11(2)6-8-12/h5-8H,4,9-10H2,1-3H3,(H2,15,16). The molecule has 1 aromatic rings.